The molecule has 3 rings (SSSR count). The van der Waals surface area contributed by atoms with Gasteiger partial charge < -0.3 is 10.6 Å². The lowest BCUT2D eigenvalue weighted by Crippen LogP contribution is -2.45. The van der Waals surface area contributed by atoms with Crippen molar-refractivity contribution in [3.63, 3.8) is 0 Å². The second kappa shape index (κ2) is 6.58. The average molecular weight is 349 g/mol. The standard InChI is InChI=1S/C16H17F2N5O2/c1-8(2)5-10-7-23-14(16(25)19-10)13(21-22-23)15(24)20-12-4-3-9(17)6-11(12)18/h3-4,6,8,10H,5,7H2,1-2H3,(H,19,25)(H,20,24)/t10-/m0/s1. The number of aromatic nitrogens is 3. The SMILES string of the molecule is CC(C)C[C@H]1Cn2nnc(C(=O)Nc3ccc(F)cc3F)c2C(=O)N1. The second-order valence-corrected chi connectivity index (χ2v) is 6.35. The minimum absolute atomic E-state index is 0.0278. The molecule has 0 spiro atoms. The molecular formula is C16H17F2N5O2. The van der Waals surface area contributed by atoms with Crippen LogP contribution in [0.1, 0.15) is 41.2 Å². The molecule has 9 heteroatoms. The van der Waals surface area contributed by atoms with Crippen LogP contribution in [0.25, 0.3) is 0 Å². The van der Waals surface area contributed by atoms with Gasteiger partial charge in [0.05, 0.1) is 12.2 Å². The van der Waals surface area contributed by atoms with Gasteiger partial charge in [-0.2, -0.15) is 0 Å². The van der Waals surface area contributed by atoms with E-state index in [4.69, 9.17) is 0 Å². The quantitative estimate of drug-likeness (QED) is 0.883. The van der Waals surface area contributed by atoms with Crippen molar-refractivity contribution in [3.05, 3.63) is 41.2 Å². The first-order valence-corrected chi connectivity index (χ1v) is 7.86. The van der Waals surface area contributed by atoms with E-state index in [1.54, 1.807) is 0 Å². The first kappa shape index (κ1) is 17.0. The molecule has 0 radical (unpaired) electrons. The second-order valence-electron chi connectivity index (χ2n) is 6.35. The number of nitrogens with one attached hydrogen (secondary N) is 2. The van der Waals surface area contributed by atoms with Crippen LogP contribution in [0.4, 0.5) is 14.5 Å². The van der Waals surface area contributed by atoms with Crippen LogP contribution in [0.5, 0.6) is 0 Å². The molecular weight excluding hydrogens is 332 g/mol. The van der Waals surface area contributed by atoms with Crippen LogP contribution < -0.4 is 10.6 Å². The van der Waals surface area contributed by atoms with Crippen molar-refractivity contribution >= 4 is 17.5 Å². The van der Waals surface area contributed by atoms with Gasteiger partial charge in [0, 0.05) is 12.1 Å². The molecule has 1 aromatic heterocycles. The highest BCUT2D eigenvalue weighted by Crippen LogP contribution is 2.19. The molecule has 2 aromatic rings. The normalized spacial score (nSPS) is 16.5. The van der Waals surface area contributed by atoms with Crippen molar-refractivity contribution in [3.8, 4) is 0 Å². The monoisotopic (exact) mass is 349 g/mol. The number of halogens is 2. The summed E-state index contributed by atoms with van der Waals surface area (Å²) in [6, 6.07) is 2.67. The summed E-state index contributed by atoms with van der Waals surface area (Å²) < 4.78 is 28.0. The number of anilines is 1. The van der Waals surface area contributed by atoms with E-state index >= 15 is 0 Å². The van der Waals surface area contributed by atoms with Gasteiger partial charge in [-0.15, -0.1) is 5.10 Å². The third kappa shape index (κ3) is 3.49. The summed E-state index contributed by atoms with van der Waals surface area (Å²) >= 11 is 0. The molecule has 0 unspecified atom stereocenters. The number of benzene rings is 1. The van der Waals surface area contributed by atoms with Crippen molar-refractivity contribution in [2.75, 3.05) is 5.32 Å². The largest absolute Gasteiger partial charge is 0.346 e. The Balaban J connectivity index is 1.82. The molecule has 0 saturated heterocycles. The number of carbonyl (C=O) groups is 2. The van der Waals surface area contributed by atoms with Crippen molar-refractivity contribution in [2.24, 2.45) is 5.92 Å². The van der Waals surface area contributed by atoms with Gasteiger partial charge in [0.2, 0.25) is 0 Å². The first-order chi connectivity index (χ1) is 11.8. The van der Waals surface area contributed by atoms with E-state index in [1.165, 1.54) is 4.68 Å². The van der Waals surface area contributed by atoms with E-state index < -0.39 is 23.4 Å². The summed E-state index contributed by atoms with van der Waals surface area (Å²) in [4.78, 5) is 24.6. The molecule has 2 heterocycles. The molecule has 1 aromatic carbocycles. The minimum atomic E-state index is -0.921. The Hall–Kier alpha value is -2.84. The van der Waals surface area contributed by atoms with Crippen molar-refractivity contribution in [1.82, 2.24) is 20.3 Å². The molecule has 2 N–H and O–H groups in total. The predicted molar refractivity (Wildman–Crippen MR) is 85.0 cm³/mol. The van der Waals surface area contributed by atoms with Gasteiger partial charge in [-0.25, -0.2) is 13.5 Å². The van der Waals surface area contributed by atoms with E-state index in [9.17, 15) is 18.4 Å². The maximum absolute atomic E-state index is 13.7. The Morgan fingerprint density at radius 2 is 2.20 bits per heavy atom. The Kier molecular flexibility index (Phi) is 4.47. The summed E-state index contributed by atoms with van der Waals surface area (Å²) in [5, 5.41) is 12.7. The lowest BCUT2D eigenvalue weighted by atomic mass is 10.0. The van der Waals surface area contributed by atoms with E-state index in [2.05, 4.69) is 20.9 Å². The molecule has 1 aliphatic heterocycles. The van der Waals surface area contributed by atoms with Crippen molar-refractivity contribution in [1.29, 1.82) is 0 Å². The molecule has 0 aliphatic carbocycles. The summed E-state index contributed by atoms with van der Waals surface area (Å²) in [6.07, 6.45) is 0.771. The van der Waals surface area contributed by atoms with Gasteiger partial charge in [-0.05, 0) is 24.5 Å². The minimum Gasteiger partial charge on any atom is -0.346 e. The van der Waals surface area contributed by atoms with Gasteiger partial charge >= 0.3 is 0 Å². The number of fused-ring (bicyclic) bond motifs is 1. The fourth-order valence-electron chi connectivity index (χ4n) is 2.80. The lowest BCUT2D eigenvalue weighted by Gasteiger charge is -2.25. The van der Waals surface area contributed by atoms with Crippen LogP contribution in [-0.4, -0.2) is 32.9 Å². The number of rotatable bonds is 4. The zero-order chi connectivity index (χ0) is 18.1. The fourth-order valence-corrected chi connectivity index (χ4v) is 2.80. The van der Waals surface area contributed by atoms with Crippen LogP contribution in [0.3, 0.4) is 0 Å². The highest BCUT2D eigenvalue weighted by molar-refractivity contribution is 6.10. The number of hydrogen-bond acceptors (Lipinski definition) is 4. The van der Waals surface area contributed by atoms with Gasteiger partial charge in [-0.1, -0.05) is 19.1 Å². The van der Waals surface area contributed by atoms with Crippen LogP contribution >= 0.6 is 0 Å². The first-order valence-electron chi connectivity index (χ1n) is 7.86. The lowest BCUT2D eigenvalue weighted by molar-refractivity contribution is 0.0879. The fraction of sp³-hybridized carbons (Fsp3) is 0.375. The third-order valence-electron chi connectivity index (χ3n) is 3.83. The van der Waals surface area contributed by atoms with E-state index in [1.807, 2.05) is 13.8 Å². The van der Waals surface area contributed by atoms with Crippen molar-refractivity contribution in [2.45, 2.75) is 32.9 Å². The maximum atomic E-state index is 13.7. The van der Waals surface area contributed by atoms with Gasteiger partial charge in [-0.3, -0.25) is 9.59 Å². The van der Waals surface area contributed by atoms with Crippen LogP contribution in [0, 0.1) is 17.6 Å². The molecule has 132 valence electrons. The molecule has 0 fully saturated rings. The van der Waals surface area contributed by atoms with Crippen LogP contribution in [0.2, 0.25) is 0 Å². The topological polar surface area (TPSA) is 88.9 Å². The molecule has 7 nitrogen and oxygen atoms in total. The van der Waals surface area contributed by atoms with Gasteiger partial charge in [0.1, 0.15) is 11.6 Å². The molecule has 1 aliphatic rings. The highest BCUT2D eigenvalue weighted by atomic mass is 19.1. The van der Waals surface area contributed by atoms with E-state index in [0.717, 1.165) is 18.6 Å². The summed E-state index contributed by atoms with van der Waals surface area (Å²) in [6.45, 7) is 4.49. The number of nitrogens with zero attached hydrogens (tertiary/aromatic N) is 3. The zero-order valence-electron chi connectivity index (χ0n) is 13.7. The predicted octanol–water partition coefficient (Wildman–Crippen LogP) is 1.97. The Bertz CT molecular complexity index is 834. The Morgan fingerprint density at radius 1 is 1.44 bits per heavy atom. The van der Waals surface area contributed by atoms with Gasteiger partial charge in [0.25, 0.3) is 11.8 Å². The zero-order valence-corrected chi connectivity index (χ0v) is 13.7. The summed E-state index contributed by atoms with van der Waals surface area (Å²) in [7, 11) is 0. The van der Waals surface area contributed by atoms with Crippen LogP contribution in [-0.2, 0) is 6.54 Å². The maximum Gasteiger partial charge on any atom is 0.278 e. The molecule has 0 bridgehead atoms. The average Bonchev–Trinajstić information content (AvgIpc) is 2.94. The van der Waals surface area contributed by atoms with Gasteiger partial charge in [0.15, 0.2) is 11.4 Å². The third-order valence-corrected chi connectivity index (χ3v) is 3.83. The Morgan fingerprint density at radius 3 is 2.88 bits per heavy atom. The molecule has 1 atom stereocenters. The molecule has 25 heavy (non-hydrogen) atoms. The summed E-state index contributed by atoms with van der Waals surface area (Å²) in [5.41, 5.74) is -0.383. The molecule has 0 saturated carbocycles. The van der Waals surface area contributed by atoms with Crippen molar-refractivity contribution < 1.29 is 18.4 Å². The number of carbonyl (C=O) groups excluding carboxylic acids is 2. The van der Waals surface area contributed by atoms with Crippen LogP contribution in [0.15, 0.2) is 18.2 Å². The number of hydrogen-bond donors (Lipinski definition) is 2. The highest BCUT2D eigenvalue weighted by Gasteiger charge is 2.32. The summed E-state index contributed by atoms with van der Waals surface area (Å²) in [5.74, 6) is -2.53. The van der Waals surface area contributed by atoms with E-state index in [0.29, 0.717) is 18.5 Å². The smallest absolute Gasteiger partial charge is 0.278 e. The Labute approximate surface area is 142 Å². The molecule has 2 amide bonds. The number of amides is 2. The van der Waals surface area contributed by atoms with E-state index in [-0.39, 0.29) is 23.1 Å².